The van der Waals surface area contributed by atoms with Gasteiger partial charge < -0.3 is 10.1 Å². The van der Waals surface area contributed by atoms with Crippen LogP contribution in [0.2, 0.25) is 0 Å². The summed E-state index contributed by atoms with van der Waals surface area (Å²) < 4.78 is 31.5. The number of ether oxygens (including phenoxy) is 1. The van der Waals surface area contributed by atoms with E-state index in [9.17, 15) is 23.2 Å². The molecule has 0 saturated heterocycles. The highest BCUT2D eigenvalue weighted by atomic mass is 19.2. The van der Waals surface area contributed by atoms with Crippen LogP contribution >= 0.6 is 0 Å². The van der Waals surface area contributed by atoms with Gasteiger partial charge in [0.15, 0.2) is 17.5 Å². The normalized spacial score (nSPS) is 10.4. The predicted molar refractivity (Wildman–Crippen MR) is 95.2 cm³/mol. The molecular formula is C18H20F2N4O4. The van der Waals surface area contributed by atoms with E-state index in [1.54, 1.807) is 6.92 Å². The lowest BCUT2D eigenvalue weighted by atomic mass is 10.1. The molecule has 0 aliphatic rings. The average molecular weight is 394 g/mol. The summed E-state index contributed by atoms with van der Waals surface area (Å²) in [6.07, 6.45) is 1.08. The van der Waals surface area contributed by atoms with Crippen molar-refractivity contribution in [1.82, 2.24) is 15.5 Å². The van der Waals surface area contributed by atoms with Crippen molar-refractivity contribution in [2.45, 2.75) is 26.2 Å². The van der Waals surface area contributed by atoms with Crippen molar-refractivity contribution in [1.29, 1.82) is 0 Å². The average Bonchev–Trinajstić information content (AvgIpc) is 3.08. The molecule has 0 spiro atoms. The number of imide groups is 1. The van der Waals surface area contributed by atoms with E-state index in [1.165, 1.54) is 18.3 Å². The van der Waals surface area contributed by atoms with Gasteiger partial charge in [-0.05, 0) is 25.0 Å². The maximum atomic E-state index is 13.6. The molecule has 2 aromatic rings. The minimum Gasteiger partial charge on any atom is -0.465 e. The SMILES string of the molecule is CCOC(=O)CNc1n[nH]cc1CC(=O)NC(=O)CCc1cccc(F)c1F. The third-order valence-electron chi connectivity index (χ3n) is 3.71. The Hall–Kier alpha value is -3.30. The van der Waals surface area contributed by atoms with Gasteiger partial charge in [0.05, 0.1) is 13.0 Å². The molecule has 8 nitrogen and oxygen atoms in total. The van der Waals surface area contributed by atoms with Crippen LogP contribution in [0.5, 0.6) is 0 Å². The van der Waals surface area contributed by atoms with Crippen LogP contribution in [-0.2, 0) is 32.0 Å². The first-order valence-electron chi connectivity index (χ1n) is 8.58. The maximum absolute atomic E-state index is 13.6. The second-order valence-corrected chi connectivity index (χ2v) is 5.78. The van der Waals surface area contributed by atoms with Crippen molar-refractivity contribution in [3.63, 3.8) is 0 Å². The highest BCUT2D eigenvalue weighted by Crippen LogP contribution is 2.14. The van der Waals surface area contributed by atoms with Crippen molar-refractivity contribution >= 4 is 23.6 Å². The van der Waals surface area contributed by atoms with Gasteiger partial charge in [-0.25, -0.2) is 8.78 Å². The van der Waals surface area contributed by atoms with E-state index >= 15 is 0 Å². The minimum atomic E-state index is -1.00. The van der Waals surface area contributed by atoms with Crippen molar-refractivity contribution < 1.29 is 27.9 Å². The van der Waals surface area contributed by atoms with Gasteiger partial charge >= 0.3 is 5.97 Å². The summed E-state index contributed by atoms with van der Waals surface area (Å²) in [4.78, 5) is 35.2. The number of benzene rings is 1. The number of nitrogens with zero attached hydrogens (tertiary/aromatic N) is 1. The standard InChI is InChI=1S/C18H20F2N4O4/c1-2-28-16(27)10-21-18-12(9-22-24-18)8-15(26)23-14(25)7-6-11-4-3-5-13(19)17(11)20/h3-5,9H,2,6-8,10H2,1H3,(H2,21,22,24)(H,23,25,26). The molecule has 0 aliphatic carbocycles. The molecule has 1 aromatic carbocycles. The number of hydrogen-bond donors (Lipinski definition) is 3. The molecule has 0 atom stereocenters. The zero-order valence-electron chi connectivity index (χ0n) is 15.2. The topological polar surface area (TPSA) is 113 Å². The van der Waals surface area contributed by atoms with Gasteiger partial charge in [0.2, 0.25) is 11.8 Å². The van der Waals surface area contributed by atoms with E-state index in [2.05, 4.69) is 20.8 Å². The summed E-state index contributed by atoms with van der Waals surface area (Å²) in [6, 6.07) is 3.71. The molecule has 0 fully saturated rings. The molecule has 0 aliphatic heterocycles. The Morgan fingerprint density at radius 3 is 2.71 bits per heavy atom. The Bertz CT molecular complexity index is 854. The molecule has 1 heterocycles. The third-order valence-corrected chi connectivity index (χ3v) is 3.71. The molecular weight excluding hydrogens is 374 g/mol. The van der Waals surface area contributed by atoms with E-state index in [-0.39, 0.29) is 43.8 Å². The van der Waals surface area contributed by atoms with Gasteiger partial charge in [0.1, 0.15) is 6.54 Å². The lowest BCUT2D eigenvalue weighted by molar-refractivity contribution is -0.141. The van der Waals surface area contributed by atoms with Gasteiger partial charge in [-0.1, -0.05) is 12.1 Å². The molecule has 2 rings (SSSR count). The zero-order valence-corrected chi connectivity index (χ0v) is 15.2. The molecule has 0 unspecified atom stereocenters. The monoisotopic (exact) mass is 394 g/mol. The Labute approximate surface area is 159 Å². The fourth-order valence-corrected chi connectivity index (χ4v) is 2.40. The van der Waals surface area contributed by atoms with E-state index in [0.29, 0.717) is 5.56 Å². The fraction of sp³-hybridized carbons (Fsp3) is 0.333. The third kappa shape index (κ3) is 6.15. The molecule has 0 radical (unpaired) electrons. The van der Waals surface area contributed by atoms with Gasteiger partial charge in [0, 0.05) is 18.2 Å². The first-order chi connectivity index (χ1) is 13.4. The predicted octanol–water partition coefficient (Wildman–Crippen LogP) is 1.48. The number of aromatic amines is 1. The van der Waals surface area contributed by atoms with Crippen molar-refractivity contribution in [2.75, 3.05) is 18.5 Å². The van der Waals surface area contributed by atoms with Gasteiger partial charge in [0.25, 0.3) is 0 Å². The number of hydrogen-bond acceptors (Lipinski definition) is 6. The number of halogens is 2. The Morgan fingerprint density at radius 2 is 1.96 bits per heavy atom. The van der Waals surface area contributed by atoms with Gasteiger partial charge in [-0.2, -0.15) is 5.10 Å². The van der Waals surface area contributed by atoms with Crippen LogP contribution in [0.4, 0.5) is 14.6 Å². The summed E-state index contributed by atoms with van der Waals surface area (Å²) in [5, 5.41) is 11.4. The van der Waals surface area contributed by atoms with Crippen LogP contribution in [0.3, 0.4) is 0 Å². The minimum absolute atomic E-state index is 0.0409. The molecule has 0 saturated carbocycles. The smallest absolute Gasteiger partial charge is 0.325 e. The molecule has 3 N–H and O–H groups in total. The summed E-state index contributed by atoms with van der Waals surface area (Å²) in [5.41, 5.74) is 0.508. The van der Waals surface area contributed by atoms with E-state index < -0.39 is 29.4 Å². The van der Waals surface area contributed by atoms with Crippen molar-refractivity contribution in [2.24, 2.45) is 0 Å². The second kappa shape index (κ2) is 10.1. The van der Waals surface area contributed by atoms with Crippen molar-refractivity contribution in [3.8, 4) is 0 Å². The maximum Gasteiger partial charge on any atom is 0.325 e. The van der Waals surface area contributed by atoms with Crippen LogP contribution in [0, 0.1) is 11.6 Å². The van der Waals surface area contributed by atoms with Crippen LogP contribution in [-0.4, -0.2) is 41.1 Å². The molecule has 2 amide bonds. The number of esters is 1. The fourth-order valence-electron chi connectivity index (χ4n) is 2.40. The number of aromatic nitrogens is 2. The molecule has 28 heavy (non-hydrogen) atoms. The largest absolute Gasteiger partial charge is 0.465 e. The summed E-state index contributed by atoms with van der Waals surface area (Å²) in [6.45, 7) is 1.81. The first kappa shape index (κ1) is 21.0. The van der Waals surface area contributed by atoms with E-state index in [1.807, 2.05) is 0 Å². The number of carbonyl (C=O) groups is 3. The van der Waals surface area contributed by atoms with Crippen LogP contribution in [0.15, 0.2) is 24.4 Å². The number of rotatable bonds is 9. The quantitative estimate of drug-likeness (QED) is 0.556. The van der Waals surface area contributed by atoms with E-state index in [4.69, 9.17) is 4.74 Å². The highest BCUT2D eigenvalue weighted by Gasteiger charge is 2.15. The number of anilines is 1. The first-order valence-corrected chi connectivity index (χ1v) is 8.58. The zero-order chi connectivity index (χ0) is 20.5. The Balaban J connectivity index is 1.82. The summed E-state index contributed by atoms with van der Waals surface area (Å²) >= 11 is 0. The molecule has 1 aromatic heterocycles. The lowest BCUT2D eigenvalue weighted by Crippen LogP contribution is -2.32. The summed E-state index contributed by atoms with van der Waals surface area (Å²) in [7, 11) is 0. The Kier molecular flexibility index (Phi) is 7.61. The van der Waals surface area contributed by atoms with E-state index in [0.717, 1.165) is 6.07 Å². The van der Waals surface area contributed by atoms with Gasteiger partial charge in [-0.15, -0.1) is 0 Å². The van der Waals surface area contributed by atoms with Crippen LogP contribution in [0.25, 0.3) is 0 Å². The molecule has 150 valence electrons. The van der Waals surface area contributed by atoms with Crippen molar-refractivity contribution in [3.05, 3.63) is 47.2 Å². The number of nitrogens with one attached hydrogen (secondary N) is 3. The van der Waals surface area contributed by atoms with Crippen LogP contribution in [0.1, 0.15) is 24.5 Å². The number of carbonyl (C=O) groups excluding carboxylic acids is 3. The molecule has 10 heteroatoms. The lowest BCUT2D eigenvalue weighted by Gasteiger charge is -2.07. The highest BCUT2D eigenvalue weighted by molar-refractivity contribution is 5.96. The Morgan fingerprint density at radius 1 is 1.18 bits per heavy atom. The number of H-pyrrole nitrogens is 1. The van der Waals surface area contributed by atoms with Crippen LogP contribution < -0.4 is 10.6 Å². The summed E-state index contributed by atoms with van der Waals surface area (Å²) in [5.74, 6) is -3.38. The number of amides is 2. The van der Waals surface area contributed by atoms with Gasteiger partial charge in [-0.3, -0.25) is 24.8 Å². The second-order valence-electron chi connectivity index (χ2n) is 5.78. The number of aryl methyl sites for hydroxylation is 1. The molecule has 0 bridgehead atoms.